The number of para-hydroxylation sites is 1. The van der Waals surface area contributed by atoms with Gasteiger partial charge < -0.3 is 0 Å². The molecule has 4 aromatic rings. The number of sulfonamides is 1. The second-order valence-electron chi connectivity index (χ2n) is 8.06. The van der Waals surface area contributed by atoms with Crippen LogP contribution in [0.4, 0.5) is 5.13 Å². The largest absolute Gasteiger partial charge is 0.281 e. The first-order valence-corrected chi connectivity index (χ1v) is 13.9. The van der Waals surface area contributed by atoms with Gasteiger partial charge in [0.1, 0.15) is 11.6 Å². The maximum absolute atomic E-state index is 14.0. The number of hydrogen-bond acceptors (Lipinski definition) is 6. The Morgan fingerprint density at radius 3 is 2.60 bits per heavy atom. The number of fused-ring (bicyclic) bond motifs is 1. The lowest BCUT2D eigenvalue weighted by atomic mass is 10.2. The molecule has 3 heterocycles. The van der Waals surface area contributed by atoms with Crippen molar-refractivity contribution < 1.29 is 13.2 Å². The molecule has 2 aromatic carbocycles. The van der Waals surface area contributed by atoms with Crippen molar-refractivity contribution in [3.05, 3.63) is 82.6 Å². The van der Waals surface area contributed by atoms with Crippen LogP contribution in [0.1, 0.15) is 18.5 Å². The Labute approximate surface area is 217 Å². The average molecular weight is 547 g/mol. The van der Waals surface area contributed by atoms with E-state index in [1.165, 1.54) is 44.8 Å². The molecular weight excluding hydrogens is 527 g/mol. The third kappa shape index (κ3) is 4.79. The minimum Gasteiger partial charge on any atom is -0.281 e. The van der Waals surface area contributed by atoms with E-state index in [0.717, 1.165) is 4.70 Å². The number of thiazole rings is 1. The van der Waals surface area contributed by atoms with Crippen LogP contribution in [0.25, 0.3) is 10.2 Å². The number of benzene rings is 2. The summed E-state index contributed by atoms with van der Waals surface area (Å²) in [7, 11) is -3.90. The fraction of sp³-hybridized carbons (Fsp3) is 0.208. The molecule has 1 fully saturated rings. The predicted octanol–water partition coefficient (Wildman–Crippen LogP) is 5.38. The van der Waals surface area contributed by atoms with Crippen LogP contribution in [0.15, 0.2) is 71.8 Å². The number of nitrogens with zero attached hydrogens (tertiary/aromatic N) is 4. The van der Waals surface area contributed by atoms with Crippen molar-refractivity contribution in [3.63, 3.8) is 0 Å². The first kappa shape index (κ1) is 24.1. The Kier molecular flexibility index (Phi) is 6.78. The van der Waals surface area contributed by atoms with E-state index in [9.17, 15) is 13.2 Å². The summed E-state index contributed by atoms with van der Waals surface area (Å²) >= 11 is 13.6. The first-order valence-electron chi connectivity index (χ1n) is 10.9. The molecule has 2 aromatic heterocycles. The van der Waals surface area contributed by atoms with Gasteiger partial charge in [-0.25, -0.2) is 13.4 Å². The number of rotatable bonds is 6. The monoisotopic (exact) mass is 546 g/mol. The molecule has 180 valence electrons. The molecule has 0 aliphatic carbocycles. The molecule has 7 nitrogen and oxygen atoms in total. The molecule has 1 saturated heterocycles. The fourth-order valence-electron chi connectivity index (χ4n) is 4.11. The van der Waals surface area contributed by atoms with Gasteiger partial charge in [-0.05, 0) is 61.4 Å². The van der Waals surface area contributed by atoms with E-state index < -0.39 is 16.1 Å². The molecule has 1 atom stereocenters. The van der Waals surface area contributed by atoms with Crippen LogP contribution in [-0.4, -0.2) is 41.2 Å². The van der Waals surface area contributed by atoms with E-state index in [0.29, 0.717) is 39.2 Å². The molecule has 0 bridgehead atoms. The number of amides is 1. The molecular formula is C24H20Cl2N4O3S2. The van der Waals surface area contributed by atoms with Crippen LogP contribution in [-0.2, 0) is 21.4 Å². The molecule has 1 aliphatic rings. The van der Waals surface area contributed by atoms with Crippen molar-refractivity contribution in [2.45, 2.75) is 30.3 Å². The number of carbonyl (C=O) groups is 1. The number of anilines is 1. The summed E-state index contributed by atoms with van der Waals surface area (Å²) < 4.78 is 29.0. The van der Waals surface area contributed by atoms with Gasteiger partial charge in [0.25, 0.3) is 0 Å². The molecule has 1 aliphatic heterocycles. The zero-order valence-corrected chi connectivity index (χ0v) is 21.5. The second kappa shape index (κ2) is 9.83. The third-order valence-electron chi connectivity index (χ3n) is 5.81. The molecule has 1 unspecified atom stereocenters. The van der Waals surface area contributed by atoms with Gasteiger partial charge in [-0.1, -0.05) is 46.7 Å². The van der Waals surface area contributed by atoms with Crippen LogP contribution in [0.3, 0.4) is 0 Å². The molecule has 0 N–H and O–H groups in total. The zero-order chi connectivity index (χ0) is 24.6. The van der Waals surface area contributed by atoms with E-state index in [1.54, 1.807) is 18.3 Å². The van der Waals surface area contributed by atoms with Gasteiger partial charge in [0.15, 0.2) is 5.13 Å². The van der Waals surface area contributed by atoms with Gasteiger partial charge in [0, 0.05) is 17.8 Å². The van der Waals surface area contributed by atoms with Crippen LogP contribution < -0.4 is 4.90 Å². The van der Waals surface area contributed by atoms with Gasteiger partial charge >= 0.3 is 0 Å². The van der Waals surface area contributed by atoms with Gasteiger partial charge in [-0.3, -0.25) is 14.7 Å². The number of pyridine rings is 1. The predicted molar refractivity (Wildman–Crippen MR) is 138 cm³/mol. The number of carbonyl (C=O) groups excluding carboxylic acids is 1. The lowest BCUT2D eigenvalue weighted by Gasteiger charge is -2.28. The maximum atomic E-state index is 14.0. The molecule has 35 heavy (non-hydrogen) atoms. The Bertz CT molecular complexity index is 1480. The molecule has 0 spiro atoms. The van der Waals surface area contributed by atoms with Crippen LogP contribution in [0.5, 0.6) is 0 Å². The van der Waals surface area contributed by atoms with Crippen molar-refractivity contribution >= 4 is 65.8 Å². The molecule has 5 rings (SSSR count). The summed E-state index contributed by atoms with van der Waals surface area (Å²) in [6, 6.07) is 16.0. The van der Waals surface area contributed by atoms with Crippen molar-refractivity contribution in [2.24, 2.45) is 0 Å². The van der Waals surface area contributed by atoms with Crippen molar-refractivity contribution in [3.8, 4) is 0 Å². The average Bonchev–Trinajstić information content (AvgIpc) is 3.52. The number of aromatic nitrogens is 2. The van der Waals surface area contributed by atoms with E-state index in [2.05, 4.69) is 9.97 Å². The summed E-state index contributed by atoms with van der Waals surface area (Å²) in [6.45, 7) is 0.410. The second-order valence-corrected chi connectivity index (χ2v) is 11.8. The Hall–Kier alpha value is -2.56. The van der Waals surface area contributed by atoms with Crippen LogP contribution in [0.2, 0.25) is 10.0 Å². The molecule has 0 radical (unpaired) electrons. The SMILES string of the molecule is O=C(C1CCCN1S(=O)(=O)c1ccc(Cl)cc1)N(Cc1ccccn1)c1nc2c(Cl)cccc2s1. The van der Waals surface area contributed by atoms with Gasteiger partial charge in [-0.2, -0.15) is 4.31 Å². The topological polar surface area (TPSA) is 83.5 Å². The summed E-state index contributed by atoms with van der Waals surface area (Å²) in [5.74, 6) is -0.346. The number of halogens is 2. The van der Waals surface area contributed by atoms with E-state index in [4.69, 9.17) is 23.2 Å². The highest BCUT2D eigenvalue weighted by Gasteiger charge is 2.42. The smallest absolute Gasteiger partial charge is 0.247 e. The minimum absolute atomic E-state index is 0.102. The quantitative estimate of drug-likeness (QED) is 0.324. The standard InChI is InChI=1S/C24H20Cl2N4O3S2/c25-16-9-11-18(12-10-16)35(32,33)30-14-4-7-20(30)23(31)29(15-17-5-1-2-13-27-17)24-28-22-19(26)6-3-8-21(22)34-24/h1-3,5-6,8-13,20H,4,7,14-15H2. The highest BCUT2D eigenvalue weighted by molar-refractivity contribution is 7.89. The van der Waals surface area contributed by atoms with Gasteiger partial charge in [0.05, 0.1) is 26.9 Å². The number of hydrogen-bond donors (Lipinski definition) is 0. The lowest BCUT2D eigenvalue weighted by Crippen LogP contribution is -2.47. The summed E-state index contributed by atoms with van der Waals surface area (Å²) in [5, 5.41) is 1.37. The van der Waals surface area contributed by atoms with E-state index >= 15 is 0 Å². The lowest BCUT2D eigenvalue weighted by molar-refractivity contribution is -0.121. The minimum atomic E-state index is -3.90. The summed E-state index contributed by atoms with van der Waals surface area (Å²) in [4.78, 5) is 24.6. The fourth-order valence-corrected chi connectivity index (χ4v) is 7.16. The van der Waals surface area contributed by atoms with E-state index in [-0.39, 0.29) is 23.9 Å². The molecule has 1 amide bonds. The summed E-state index contributed by atoms with van der Waals surface area (Å²) in [6.07, 6.45) is 2.64. The zero-order valence-electron chi connectivity index (χ0n) is 18.3. The Morgan fingerprint density at radius 2 is 1.89 bits per heavy atom. The highest BCUT2D eigenvalue weighted by Crippen LogP contribution is 2.35. The van der Waals surface area contributed by atoms with Gasteiger partial charge in [0.2, 0.25) is 15.9 Å². The summed E-state index contributed by atoms with van der Waals surface area (Å²) in [5.41, 5.74) is 1.27. The van der Waals surface area contributed by atoms with Crippen molar-refractivity contribution in [2.75, 3.05) is 11.4 Å². The van der Waals surface area contributed by atoms with Crippen LogP contribution >= 0.6 is 34.5 Å². The Balaban J connectivity index is 1.53. The van der Waals surface area contributed by atoms with Crippen LogP contribution in [0, 0.1) is 0 Å². The maximum Gasteiger partial charge on any atom is 0.247 e. The van der Waals surface area contributed by atoms with Crippen molar-refractivity contribution in [1.82, 2.24) is 14.3 Å². The normalized spacial score (nSPS) is 16.6. The third-order valence-corrected chi connectivity index (χ3v) is 9.33. The van der Waals surface area contributed by atoms with E-state index in [1.807, 2.05) is 24.3 Å². The highest BCUT2D eigenvalue weighted by atomic mass is 35.5. The Morgan fingerprint density at radius 1 is 1.09 bits per heavy atom. The molecule has 11 heteroatoms. The molecule has 0 saturated carbocycles. The van der Waals surface area contributed by atoms with Crippen molar-refractivity contribution in [1.29, 1.82) is 0 Å². The first-order chi connectivity index (χ1) is 16.8. The van der Waals surface area contributed by atoms with Gasteiger partial charge in [-0.15, -0.1) is 0 Å².